The van der Waals surface area contributed by atoms with E-state index >= 15 is 0 Å². The maximum atomic E-state index is 12.8. The summed E-state index contributed by atoms with van der Waals surface area (Å²) in [5.74, 6) is -0.974. The molecule has 0 saturated heterocycles. The van der Waals surface area contributed by atoms with Gasteiger partial charge in [0.05, 0.1) is 5.56 Å². The number of aromatic hydroxyl groups is 4. The summed E-state index contributed by atoms with van der Waals surface area (Å²) in [7, 11) is 0. The Labute approximate surface area is 129 Å². The van der Waals surface area contributed by atoms with Crippen molar-refractivity contribution in [1.82, 2.24) is 0 Å². The Morgan fingerprint density at radius 2 is 1.70 bits per heavy atom. The van der Waals surface area contributed by atoms with Gasteiger partial charge in [0, 0.05) is 24.1 Å². The average Bonchev–Trinajstić information content (AvgIpc) is 2.49. The van der Waals surface area contributed by atoms with Gasteiger partial charge in [0.1, 0.15) is 28.2 Å². The third-order valence-corrected chi connectivity index (χ3v) is 4.15. The van der Waals surface area contributed by atoms with Crippen molar-refractivity contribution in [2.45, 2.75) is 12.8 Å². The van der Waals surface area contributed by atoms with Crippen LogP contribution in [0.25, 0.3) is 22.1 Å². The Hall–Kier alpha value is -3.15. The van der Waals surface area contributed by atoms with Crippen LogP contribution in [0.1, 0.15) is 11.3 Å². The highest BCUT2D eigenvalue weighted by Crippen LogP contribution is 2.43. The van der Waals surface area contributed by atoms with Crippen molar-refractivity contribution in [2.24, 2.45) is 0 Å². The highest BCUT2D eigenvalue weighted by molar-refractivity contribution is 5.91. The van der Waals surface area contributed by atoms with Crippen LogP contribution in [0.3, 0.4) is 0 Å². The van der Waals surface area contributed by atoms with Gasteiger partial charge in [-0.15, -0.1) is 0 Å². The second kappa shape index (κ2) is 4.42. The molecule has 1 aliphatic carbocycles. The zero-order valence-electron chi connectivity index (χ0n) is 11.8. The average molecular weight is 312 g/mol. The molecule has 2 aromatic carbocycles. The summed E-state index contributed by atoms with van der Waals surface area (Å²) >= 11 is 0. The van der Waals surface area contributed by atoms with Gasteiger partial charge in [-0.25, -0.2) is 0 Å². The van der Waals surface area contributed by atoms with Gasteiger partial charge in [0.2, 0.25) is 5.43 Å². The molecule has 4 N–H and O–H groups in total. The number of rotatable bonds is 0. The van der Waals surface area contributed by atoms with Crippen LogP contribution in [0.5, 0.6) is 23.0 Å². The van der Waals surface area contributed by atoms with Gasteiger partial charge in [-0.2, -0.15) is 0 Å². The first kappa shape index (κ1) is 13.5. The third-order valence-electron chi connectivity index (χ3n) is 4.15. The van der Waals surface area contributed by atoms with Gasteiger partial charge in [0.15, 0.2) is 11.5 Å². The summed E-state index contributed by atoms with van der Waals surface area (Å²) in [6.07, 6.45) is 0.976. The van der Waals surface area contributed by atoms with E-state index in [0.717, 1.165) is 11.6 Å². The van der Waals surface area contributed by atoms with Gasteiger partial charge < -0.3 is 24.8 Å². The van der Waals surface area contributed by atoms with E-state index in [0.29, 0.717) is 18.6 Å². The summed E-state index contributed by atoms with van der Waals surface area (Å²) in [5.41, 5.74) is 0.648. The first-order valence-corrected chi connectivity index (χ1v) is 7.03. The van der Waals surface area contributed by atoms with Crippen LogP contribution in [0, 0.1) is 0 Å². The second-order valence-electron chi connectivity index (χ2n) is 5.53. The Bertz CT molecular complexity index is 1030. The minimum atomic E-state index is -0.513. The lowest BCUT2D eigenvalue weighted by Gasteiger charge is -2.20. The van der Waals surface area contributed by atoms with Crippen molar-refractivity contribution in [2.75, 3.05) is 0 Å². The fourth-order valence-electron chi connectivity index (χ4n) is 3.12. The molecule has 0 radical (unpaired) electrons. The number of fused-ring (bicyclic) bond motifs is 4. The fourth-order valence-corrected chi connectivity index (χ4v) is 3.12. The van der Waals surface area contributed by atoms with E-state index in [1.54, 1.807) is 6.07 Å². The van der Waals surface area contributed by atoms with Crippen molar-refractivity contribution < 1.29 is 24.8 Å². The first-order valence-electron chi connectivity index (χ1n) is 7.03. The molecule has 0 aliphatic heterocycles. The molecule has 1 aliphatic rings. The summed E-state index contributed by atoms with van der Waals surface area (Å²) in [6.45, 7) is 0. The molecule has 6 nitrogen and oxygen atoms in total. The Morgan fingerprint density at radius 1 is 0.913 bits per heavy atom. The molecule has 0 bridgehead atoms. The van der Waals surface area contributed by atoms with Crippen molar-refractivity contribution in [3.63, 3.8) is 0 Å². The van der Waals surface area contributed by atoms with Crippen LogP contribution in [0.4, 0.5) is 0 Å². The molecule has 116 valence electrons. The maximum Gasteiger partial charge on any atom is 0.204 e. The van der Waals surface area contributed by atoms with Crippen LogP contribution in [-0.2, 0) is 12.8 Å². The lowest BCUT2D eigenvalue weighted by molar-refractivity contribution is 0.403. The molecular formula is C17H12O6. The van der Waals surface area contributed by atoms with Crippen molar-refractivity contribution >= 4 is 11.0 Å². The number of phenolic OH excluding ortho intramolecular Hbond substituents is 4. The van der Waals surface area contributed by atoms with E-state index in [-0.39, 0.29) is 39.3 Å². The van der Waals surface area contributed by atoms with Crippen LogP contribution in [0.2, 0.25) is 0 Å². The van der Waals surface area contributed by atoms with E-state index in [9.17, 15) is 25.2 Å². The summed E-state index contributed by atoms with van der Waals surface area (Å²) in [5, 5.41) is 39.3. The molecule has 0 amide bonds. The normalized spacial score (nSPS) is 12.9. The van der Waals surface area contributed by atoms with Crippen molar-refractivity contribution in [3.8, 4) is 34.1 Å². The zero-order valence-corrected chi connectivity index (χ0v) is 11.8. The van der Waals surface area contributed by atoms with Gasteiger partial charge in [-0.05, 0) is 18.1 Å². The first-order chi connectivity index (χ1) is 11.0. The molecule has 3 aromatic rings. The molecular weight excluding hydrogens is 300 g/mol. The number of benzene rings is 2. The zero-order chi connectivity index (χ0) is 16.3. The third kappa shape index (κ3) is 1.78. The van der Waals surface area contributed by atoms with E-state index in [2.05, 4.69) is 0 Å². The highest BCUT2D eigenvalue weighted by atomic mass is 16.3. The standard InChI is InChI=1S/C17H12O6/c18-8-5-10(20)14-12(6-8)23-11-4-2-7-1-3-9(19)16(21)13(7)15(11)17(14)22/h1,3,5-6,18-21H,2,4H2. The molecule has 4 rings (SSSR count). The molecule has 0 saturated carbocycles. The predicted octanol–water partition coefficient (Wildman–Crippen LogP) is 2.38. The SMILES string of the molecule is O=c1c2c(oc3cc(O)cc(O)c13)CCc1ccc(O)c(O)c1-2. The summed E-state index contributed by atoms with van der Waals surface area (Å²) in [6, 6.07) is 5.33. The highest BCUT2D eigenvalue weighted by Gasteiger charge is 2.28. The quantitative estimate of drug-likeness (QED) is 0.474. The predicted molar refractivity (Wildman–Crippen MR) is 82.0 cm³/mol. The summed E-state index contributed by atoms with van der Waals surface area (Å²) in [4.78, 5) is 12.8. The Balaban J connectivity index is 2.18. The molecule has 1 aromatic heterocycles. The monoisotopic (exact) mass is 312 g/mol. The maximum absolute atomic E-state index is 12.8. The second-order valence-corrected chi connectivity index (χ2v) is 5.53. The molecule has 0 fully saturated rings. The lowest BCUT2D eigenvalue weighted by atomic mass is 9.87. The minimum absolute atomic E-state index is 0.0721. The molecule has 23 heavy (non-hydrogen) atoms. The van der Waals surface area contributed by atoms with Gasteiger partial charge in [0.25, 0.3) is 0 Å². The fraction of sp³-hybridized carbons (Fsp3) is 0.118. The van der Waals surface area contributed by atoms with E-state index in [1.807, 2.05) is 0 Å². The summed E-state index contributed by atoms with van der Waals surface area (Å²) < 4.78 is 5.67. The molecule has 6 heteroatoms. The van der Waals surface area contributed by atoms with Crippen LogP contribution < -0.4 is 5.43 Å². The lowest BCUT2D eigenvalue weighted by Crippen LogP contribution is -2.15. The van der Waals surface area contributed by atoms with E-state index < -0.39 is 11.2 Å². The molecule has 1 heterocycles. The number of hydrogen-bond acceptors (Lipinski definition) is 6. The Morgan fingerprint density at radius 3 is 2.48 bits per heavy atom. The molecule has 0 unspecified atom stereocenters. The van der Waals surface area contributed by atoms with Gasteiger partial charge >= 0.3 is 0 Å². The smallest absolute Gasteiger partial charge is 0.204 e. The Kier molecular flexibility index (Phi) is 2.60. The van der Waals surface area contributed by atoms with Crippen molar-refractivity contribution in [3.05, 3.63) is 45.8 Å². The molecule has 0 atom stereocenters. The van der Waals surface area contributed by atoms with E-state index in [1.165, 1.54) is 12.1 Å². The number of aryl methyl sites for hydroxylation is 2. The number of phenols is 4. The van der Waals surface area contributed by atoms with Gasteiger partial charge in [-0.3, -0.25) is 4.79 Å². The topological polar surface area (TPSA) is 111 Å². The largest absolute Gasteiger partial charge is 0.508 e. The molecule has 0 spiro atoms. The van der Waals surface area contributed by atoms with Crippen LogP contribution in [-0.4, -0.2) is 20.4 Å². The number of hydrogen-bond donors (Lipinski definition) is 4. The van der Waals surface area contributed by atoms with E-state index in [4.69, 9.17) is 4.42 Å². The van der Waals surface area contributed by atoms with Crippen LogP contribution in [0.15, 0.2) is 33.5 Å². The van der Waals surface area contributed by atoms with Gasteiger partial charge in [-0.1, -0.05) is 6.07 Å². The van der Waals surface area contributed by atoms with Crippen LogP contribution >= 0.6 is 0 Å². The minimum Gasteiger partial charge on any atom is -0.508 e. The van der Waals surface area contributed by atoms with Crippen molar-refractivity contribution in [1.29, 1.82) is 0 Å².